The first-order chi connectivity index (χ1) is 7.84. The molecule has 1 saturated heterocycles. The predicted octanol–water partition coefficient (Wildman–Crippen LogP) is 2.38. The lowest BCUT2D eigenvalue weighted by Crippen LogP contribution is -2.25. The van der Waals surface area contributed by atoms with Crippen molar-refractivity contribution in [3.05, 3.63) is 0 Å². The zero-order chi connectivity index (χ0) is 11.0. The van der Waals surface area contributed by atoms with Crippen molar-refractivity contribution in [2.45, 2.75) is 44.9 Å². The Morgan fingerprint density at radius 1 is 0.875 bits per heavy atom. The average molecular weight is 221 g/mol. The number of rotatable bonds is 2. The van der Waals surface area contributed by atoms with Crippen molar-refractivity contribution >= 4 is 5.78 Å². The zero-order valence-corrected chi connectivity index (χ0v) is 10.1. The summed E-state index contributed by atoms with van der Waals surface area (Å²) in [7, 11) is 0. The summed E-state index contributed by atoms with van der Waals surface area (Å²) >= 11 is 0. The Morgan fingerprint density at radius 2 is 1.50 bits per heavy atom. The molecule has 16 heavy (non-hydrogen) atoms. The van der Waals surface area contributed by atoms with Crippen LogP contribution in [0.2, 0.25) is 0 Å². The molecule has 1 N–H and O–H groups in total. The highest BCUT2D eigenvalue weighted by atomic mass is 16.1. The molecule has 0 radical (unpaired) electrons. The molecule has 0 aromatic rings. The van der Waals surface area contributed by atoms with Gasteiger partial charge in [-0.05, 0) is 50.6 Å². The van der Waals surface area contributed by atoms with E-state index >= 15 is 0 Å². The lowest BCUT2D eigenvalue weighted by molar-refractivity contribution is -0.127. The van der Waals surface area contributed by atoms with E-state index in [9.17, 15) is 4.79 Å². The summed E-state index contributed by atoms with van der Waals surface area (Å²) in [6, 6.07) is 0. The van der Waals surface area contributed by atoms with Crippen molar-refractivity contribution in [1.82, 2.24) is 5.32 Å². The van der Waals surface area contributed by atoms with E-state index in [1.165, 1.54) is 58.0 Å². The Balaban J connectivity index is 1.59. The highest BCUT2D eigenvalue weighted by molar-refractivity contribution is 5.83. The number of nitrogens with one attached hydrogen (secondary N) is 1. The quantitative estimate of drug-likeness (QED) is 0.775. The number of hydrogen-bond donors (Lipinski definition) is 1. The van der Waals surface area contributed by atoms with Crippen molar-refractivity contribution in [3.8, 4) is 0 Å². The van der Waals surface area contributed by atoms with Gasteiger partial charge in [-0.25, -0.2) is 0 Å². The van der Waals surface area contributed by atoms with Gasteiger partial charge < -0.3 is 5.32 Å². The van der Waals surface area contributed by atoms with Crippen LogP contribution in [0.25, 0.3) is 0 Å². The lowest BCUT2D eigenvalue weighted by atomic mass is 9.81. The first-order valence-corrected chi connectivity index (χ1v) is 7.09. The first kappa shape index (κ1) is 10.8. The lowest BCUT2D eigenvalue weighted by Gasteiger charge is -2.23. The van der Waals surface area contributed by atoms with Crippen LogP contribution >= 0.6 is 0 Å². The van der Waals surface area contributed by atoms with E-state index in [1.807, 2.05) is 0 Å². The predicted molar refractivity (Wildman–Crippen MR) is 64.2 cm³/mol. The van der Waals surface area contributed by atoms with Crippen molar-refractivity contribution in [2.75, 3.05) is 13.1 Å². The normalized spacial score (nSPS) is 39.9. The summed E-state index contributed by atoms with van der Waals surface area (Å²) in [4.78, 5) is 12.4. The van der Waals surface area contributed by atoms with E-state index in [1.54, 1.807) is 0 Å². The number of fused-ring (bicyclic) bond motifs is 1. The summed E-state index contributed by atoms with van der Waals surface area (Å²) in [5.74, 6) is 3.13. The molecule has 1 aliphatic heterocycles. The summed E-state index contributed by atoms with van der Waals surface area (Å²) in [5.41, 5.74) is 0. The van der Waals surface area contributed by atoms with E-state index in [0.717, 1.165) is 11.8 Å². The van der Waals surface area contributed by atoms with Crippen molar-refractivity contribution in [3.63, 3.8) is 0 Å². The number of hydrogen-bond acceptors (Lipinski definition) is 2. The zero-order valence-electron chi connectivity index (χ0n) is 10.1. The molecule has 2 aliphatic carbocycles. The number of carbonyl (C=O) groups is 1. The molecule has 2 atom stereocenters. The van der Waals surface area contributed by atoms with Gasteiger partial charge in [-0.1, -0.05) is 19.3 Å². The molecule has 0 aromatic heterocycles. The van der Waals surface area contributed by atoms with E-state index in [0.29, 0.717) is 17.6 Å². The molecule has 3 aliphatic rings. The molecule has 90 valence electrons. The molecule has 2 heteroatoms. The van der Waals surface area contributed by atoms with Crippen LogP contribution in [-0.4, -0.2) is 18.9 Å². The van der Waals surface area contributed by atoms with E-state index in [4.69, 9.17) is 0 Å². The van der Waals surface area contributed by atoms with Gasteiger partial charge in [-0.2, -0.15) is 0 Å². The molecule has 0 bridgehead atoms. The molecular formula is C14H23NO. The fourth-order valence-corrected chi connectivity index (χ4v) is 4.12. The molecule has 0 aromatic carbocycles. The standard InChI is InChI=1S/C14H23NO/c16-14(10-4-2-1-3-5-10)11-6-12-8-15-9-13(12)7-11/h10-13,15H,1-9H2. The minimum absolute atomic E-state index is 0.431. The number of ketones is 1. The summed E-state index contributed by atoms with van der Waals surface area (Å²) in [6.07, 6.45) is 8.67. The second-order valence-corrected chi connectivity index (χ2v) is 6.08. The second-order valence-electron chi connectivity index (χ2n) is 6.08. The molecule has 0 spiro atoms. The molecule has 2 saturated carbocycles. The van der Waals surface area contributed by atoms with Crippen molar-refractivity contribution in [1.29, 1.82) is 0 Å². The minimum Gasteiger partial charge on any atom is -0.316 e. The smallest absolute Gasteiger partial charge is 0.139 e. The fraction of sp³-hybridized carbons (Fsp3) is 0.929. The Hall–Kier alpha value is -0.370. The van der Waals surface area contributed by atoms with Crippen LogP contribution in [0.5, 0.6) is 0 Å². The van der Waals surface area contributed by atoms with E-state index in [2.05, 4.69) is 5.32 Å². The van der Waals surface area contributed by atoms with Crippen molar-refractivity contribution < 1.29 is 4.79 Å². The fourth-order valence-electron chi connectivity index (χ4n) is 4.12. The summed E-state index contributed by atoms with van der Waals surface area (Å²) < 4.78 is 0. The van der Waals surface area contributed by atoms with Gasteiger partial charge in [0.05, 0.1) is 0 Å². The Morgan fingerprint density at radius 3 is 2.12 bits per heavy atom. The van der Waals surface area contributed by atoms with Gasteiger partial charge in [0.1, 0.15) is 5.78 Å². The van der Waals surface area contributed by atoms with E-state index in [-0.39, 0.29) is 0 Å². The highest BCUT2D eigenvalue weighted by Crippen LogP contribution is 2.41. The van der Waals surface area contributed by atoms with Gasteiger partial charge >= 0.3 is 0 Å². The number of carbonyl (C=O) groups excluding carboxylic acids is 1. The van der Waals surface area contributed by atoms with Crippen molar-refractivity contribution in [2.24, 2.45) is 23.7 Å². The molecule has 3 fully saturated rings. The topological polar surface area (TPSA) is 29.1 Å². The molecule has 0 amide bonds. The third kappa shape index (κ3) is 1.92. The van der Waals surface area contributed by atoms with Crippen LogP contribution in [0.1, 0.15) is 44.9 Å². The largest absolute Gasteiger partial charge is 0.316 e. The van der Waals surface area contributed by atoms with Crippen LogP contribution in [0.4, 0.5) is 0 Å². The summed E-state index contributed by atoms with van der Waals surface area (Å²) in [6.45, 7) is 2.33. The molecule has 1 heterocycles. The van der Waals surface area contributed by atoms with Gasteiger partial charge in [-0.15, -0.1) is 0 Å². The Bertz CT molecular complexity index is 258. The Kier molecular flexibility index (Phi) is 3.01. The highest BCUT2D eigenvalue weighted by Gasteiger charge is 2.41. The van der Waals surface area contributed by atoms with Gasteiger partial charge in [0.25, 0.3) is 0 Å². The Labute approximate surface area is 98.2 Å². The van der Waals surface area contributed by atoms with Crippen LogP contribution in [0, 0.1) is 23.7 Å². The van der Waals surface area contributed by atoms with E-state index < -0.39 is 0 Å². The van der Waals surface area contributed by atoms with Gasteiger partial charge in [-0.3, -0.25) is 4.79 Å². The van der Waals surface area contributed by atoms with Gasteiger partial charge in [0.15, 0.2) is 0 Å². The van der Waals surface area contributed by atoms with Crippen LogP contribution < -0.4 is 5.32 Å². The van der Waals surface area contributed by atoms with Gasteiger partial charge in [0, 0.05) is 11.8 Å². The number of Topliss-reactive ketones (excluding diaryl/α,β-unsaturated/α-hetero) is 1. The van der Waals surface area contributed by atoms with Crippen LogP contribution in [-0.2, 0) is 4.79 Å². The van der Waals surface area contributed by atoms with Crippen LogP contribution in [0.3, 0.4) is 0 Å². The third-order valence-electron chi connectivity index (χ3n) is 5.06. The average Bonchev–Trinajstić information content (AvgIpc) is 2.89. The third-order valence-corrected chi connectivity index (χ3v) is 5.06. The summed E-state index contributed by atoms with van der Waals surface area (Å²) in [5, 5.41) is 3.45. The molecule has 2 nitrogen and oxygen atoms in total. The second kappa shape index (κ2) is 4.48. The maximum atomic E-state index is 12.4. The molecule has 3 rings (SSSR count). The molecule has 2 unspecified atom stereocenters. The first-order valence-electron chi connectivity index (χ1n) is 7.09. The minimum atomic E-state index is 0.431. The van der Waals surface area contributed by atoms with Crippen LogP contribution in [0.15, 0.2) is 0 Å². The maximum absolute atomic E-state index is 12.4. The monoisotopic (exact) mass is 221 g/mol. The SMILES string of the molecule is O=C(C1CCCCC1)C1CC2CNCC2C1. The molecular weight excluding hydrogens is 198 g/mol. The van der Waals surface area contributed by atoms with Gasteiger partial charge in [0.2, 0.25) is 0 Å². The maximum Gasteiger partial charge on any atom is 0.139 e.